The maximum atomic E-state index is 13.5. The van der Waals surface area contributed by atoms with Crippen LogP contribution in [0.4, 0.5) is 26.3 Å². The van der Waals surface area contributed by atoms with Crippen LogP contribution in [-0.2, 0) is 17.5 Å². The van der Waals surface area contributed by atoms with Crippen LogP contribution in [0.15, 0.2) is 88.2 Å². The summed E-state index contributed by atoms with van der Waals surface area (Å²) in [5.74, 6) is -0.808. The molecule has 39 heavy (non-hydrogen) atoms. The number of nitrogens with one attached hydrogen (secondary N) is 2. The number of hydrogen-bond acceptors (Lipinski definition) is 4. The minimum atomic E-state index is -4.61. The SMILES string of the molecule is CC\C(C)=C/C(C(N)=O)=C(\C=C(/C)NC1=C(C)CCC=C(C(F)(F)F)C=C1)NCc1cnccc1C(F)(F)F. The van der Waals surface area contributed by atoms with Crippen molar-refractivity contribution in [1.82, 2.24) is 15.6 Å². The molecule has 1 aromatic rings. The van der Waals surface area contributed by atoms with Crippen LogP contribution >= 0.6 is 0 Å². The molecule has 1 amide bonds. The van der Waals surface area contributed by atoms with Gasteiger partial charge in [0.25, 0.3) is 5.91 Å². The standard InChI is InChI=1S/C28H32F6N4O/c1-5-17(2)13-22(26(35)39)25(37-16-20-15-36-12-11-23(20)28(32,33)34)14-19(4)38-24-10-9-21(27(29,30)31)8-6-7-18(24)3/h8-15,37-38H,5-7,16H2,1-4H3,(H2,35,39)/b10-9?,17-13-,19-14+,21-8?,24-18?,25-22-. The van der Waals surface area contributed by atoms with Gasteiger partial charge in [-0.1, -0.05) is 18.6 Å². The van der Waals surface area contributed by atoms with Gasteiger partial charge in [-0.25, -0.2) is 0 Å². The van der Waals surface area contributed by atoms with Gasteiger partial charge in [0, 0.05) is 41.6 Å². The molecule has 1 aliphatic carbocycles. The van der Waals surface area contributed by atoms with Crippen LogP contribution in [0.2, 0.25) is 0 Å². The first-order valence-electron chi connectivity index (χ1n) is 12.2. The highest BCUT2D eigenvalue weighted by atomic mass is 19.4. The van der Waals surface area contributed by atoms with Crippen LogP contribution < -0.4 is 16.4 Å². The van der Waals surface area contributed by atoms with Crippen molar-refractivity contribution in [2.24, 2.45) is 5.73 Å². The molecule has 11 heteroatoms. The van der Waals surface area contributed by atoms with Crippen LogP contribution in [0.25, 0.3) is 0 Å². The lowest BCUT2D eigenvalue weighted by atomic mass is 10.0. The second-order valence-electron chi connectivity index (χ2n) is 9.10. The van der Waals surface area contributed by atoms with Crippen molar-refractivity contribution < 1.29 is 31.1 Å². The maximum Gasteiger partial charge on any atom is 0.416 e. The first-order chi connectivity index (χ1) is 18.1. The number of rotatable bonds is 9. The Labute approximate surface area is 223 Å². The van der Waals surface area contributed by atoms with E-state index in [9.17, 15) is 31.1 Å². The van der Waals surface area contributed by atoms with Crippen LogP contribution in [-0.4, -0.2) is 17.1 Å². The smallest absolute Gasteiger partial charge is 0.380 e. The van der Waals surface area contributed by atoms with Gasteiger partial charge in [0.1, 0.15) is 0 Å². The highest BCUT2D eigenvalue weighted by molar-refractivity contribution is 5.96. The van der Waals surface area contributed by atoms with Crippen LogP contribution in [0.5, 0.6) is 0 Å². The Kier molecular flexibility index (Phi) is 10.8. The lowest BCUT2D eigenvalue weighted by molar-refractivity contribution is -0.138. The van der Waals surface area contributed by atoms with E-state index >= 15 is 0 Å². The zero-order valence-corrected chi connectivity index (χ0v) is 22.1. The molecule has 212 valence electrons. The van der Waals surface area contributed by atoms with Crippen LogP contribution in [0.3, 0.4) is 0 Å². The third-order valence-electron chi connectivity index (χ3n) is 5.98. The van der Waals surface area contributed by atoms with E-state index in [2.05, 4.69) is 15.6 Å². The summed E-state index contributed by atoms with van der Waals surface area (Å²) in [5.41, 5.74) is 6.48. The number of amides is 1. The van der Waals surface area contributed by atoms with Crippen molar-refractivity contribution >= 4 is 5.91 Å². The van der Waals surface area contributed by atoms with Gasteiger partial charge in [-0.2, -0.15) is 26.3 Å². The van der Waals surface area contributed by atoms with E-state index in [1.807, 2.05) is 6.92 Å². The summed E-state index contributed by atoms with van der Waals surface area (Å²) in [4.78, 5) is 16.2. The van der Waals surface area contributed by atoms with Crippen molar-refractivity contribution in [3.05, 3.63) is 99.4 Å². The Morgan fingerprint density at radius 3 is 2.38 bits per heavy atom. The van der Waals surface area contributed by atoms with Crippen molar-refractivity contribution in [3.8, 4) is 0 Å². The number of hydrogen-bond donors (Lipinski definition) is 3. The molecule has 5 nitrogen and oxygen atoms in total. The van der Waals surface area contributed by atoms with Gasteiger partial charge in [0.2, 0.25) is 0 Å². The van der Waals surface area contributed by atoms with Gasteiger partial charge < -0.3 is 16.4 Å². The topological polar surface area (TPSA) is 80.0 Å². The second kappa shape index (κ2) is 13.3. The predicted octanol–water partition coefficient (Wildman–Crippen LogP) is 6.89. The molecule has 1 heterocycles. The quantitative estimate of drug-likeness (QED) is 0.176. The number of primary amides is 1. The van der Waals surface area contributed by atoms with E-state index in [-0.39, 0.29) is 29.8 Å². The van der Waals surface area contributed by atoms with Gasteiger partial charge in [-0.15, -0.1) is 0 Å². The summed E-state index contributed by atoms with van der Waals surface area (Å²) in [5, 5.41) is 5.93. The highest BCUT2D eigenvalue weighted by Gasteiger charge is 2.33. The lowest BCUT2D eigenvalue weighted by Gasteiger charge is -2.18. The minimum absolute atomic E-state index is 0.0362. The Balaban J connectivity index is 2.51. The van der Waals surface area contributed by atoms with Crippen molar-refractivity contribution in [3.63, 3.8) is 0 Å². The lowest BCUT2D eigenvalue weighted by Crippen LogP contribution is -2.23. The number of aromatic nitrogens is 1. The number of nitrogens with two attached hydrogens (primary N) is 1. The normalized spacial score (nSPS) is 16.3. The van der Waals surface area contributed by atoms with Crippen LogP contribution in [0.1, 0.15) is 58.1 Å². The summed E-state index contributed by atoms with van der Waals surface area (Å²) >= 11 is 0. The minimum Gasteiger partial charge on any atom is -0.380 e. The molecule has 1 aromatic heterocycles. The van der Waals surface area contributed by atoms with E-state index in [0.717, 1.165) is 41.8 Å². The average molecular weight is 555 g/mol. The third-order valence-corrected chi connectivity index (χ3v) is 5.98. The molecule has 4 N–H and O–H groups in total. The Morgan fingerprint density at radius 1 is 1.10 bits per heavy atom. The zero-order valence-electron chi connectivity index (χ0n) is 22.1. The van der Waals surface area contributed by atoms with Gasteiger partial charge in [0.15, 0.2) is 0 Å². The molecule has 0 bridgehead atoms. The average Bonchev–Trinajstić information content (AvgIpc) is 2.83. The number of halogens is 6. The maximum absolute atomic E-state index is 13.5. The summed E-state index contributed by atoms with van der Waals surface area (Å²) in [7, 11) is 0. The Hall–Kier alpha value is -3.76. The number of nitrogens with zero attached hydrogens (tertiary/aromatic N) is 1. The monoisotopic (exact) mass is 554 g/mol. The zero-order chi connectivity index (χ0) is 29.4. The summed E-state index contributed by atoms with van der Waals surface area (Å²) in [6.07, 6.45) is 0.671. The fourth-order valence-electron chi connectivity index (χ4n) is 3.67. The van der Waals surface area contributed by atoms with Gasteiger partial charge in [-0.05, 0) is 76.0 Å². The van der Waals surface area contributed by atoms with Gasteiger partial charge >= 0.3 is 12.4 Å². The fourth-order valence-corrected chi connectivity index (χ4v) is 3.67. The molecular formula is C28H32F6N4O. The molecular weight excluding hydrogens is 522 g/mol. The number of alkyl halides is 6. The molecule has 0 fully saturated rings. The van der Waals surface area contributed by atoms with Gasteiger partial charge in [0.05, 0.1) is 16.7 Å². The van der Waals surface area contributed by atoms with E-state index in [4.69, 9.17) is 5.73 Å². The highest BCUT2D eigenvalue weighted by Crippen LogP contribution is 2.32. The molecule has 0 atom stereocenters. The Bertz CT molecular complexity index is 1250. The van der Waals surface area contributed by atoms with E-state index in [1.54, 1.807) is 26.8 Å². The summed E-state index contributed by atoms with van der Waals surface area (Å²) in [6, 6.07) is 0.860. The Morgan fingerprint density at radius 2 is 1.79 bits per heavy atom. The fraction of sp³-hybridized carbons (Fsp3) is 0.357. The van der Waals surface area contributed by atoms with Crippen LogP contribution in [0, 0.1) is 0 Å². The number of pyridine rings is 1. The molecule has 1 aliphatic rings. The molecule has 0 aliphatic heterocycles. The van der Waals surface area contributed by atoms with Crippen molar-refractivity contribution in [1.29, 1.82) is 0 Å². The van der Waals surface area contributed by atoms with E-state index in [0.29, 0.717) is 24.2 Å². The summed E-state index contributed by atoms with van der Waals surface area (Å²) < 4.78 is 80.2. The third kappa shape index (κ3) is 9.49. The second-order valence-corrected chi connectivity index (χ2v) is 9.10. The van der Waals surface area contributed by atoms with Crippen molar-refractivity contribution in [2.45, 2.75) is 65.9 Å². The number of allylic oxidation sites excluding steroid dienone is 8. The molecule has 0 radical (unpaired) electrons. The first-order valence-corrected chi connectivity index (χ1v) is 12.2. The molecule has 0 spiro atoms. The molecule has 0 aromatic carbocycles. The number of carbonyl (C=O) groups excluding carboxylic acids is 1. The largest absolute Gasteiger partial charge is 0.416 e. The predicted molar refractivity (Wildman–Crippen MR) is 138 cm³/mol. The van der Waals surface area contributed by atoms with E-state index in [1.165, 1.54) is 12.2 Å². The number of carbonyl (C=O) groups is 1. The molecule has 0 unspecified atom stereocenters. The van der Waals surface area contributed by atoms with E-state index < -0.39 is 29.4 Å². The first kappa shape index (κ1) is 31.5. The summed E-state index contributed by atoms with van der Waals surface area (Å²) in [6.45, 7) is 6.72. The molecule has 0 saturated carbocycles. The molecule has 2 rings (SSSR count). The molecule has 0 saturated heterocycles. The van der Waals surface area contributed by atoms with Gasteiger partial charge in [-0.3, -0.25) is 9.78 Å². The van der Waals surface area contributed by atoms with Crippen molar-refractivity contribution in [2.75, 3.05) is 0 Å².